The van der Waals surface area contributed by atoms with Crippen molar-refractivity contribution in [1.82, 2.24) is 9.55 Å². The molecular formula is C12H18N2O10S2. The van der Waals surface area contributed by atoms with Gasteiger partial charge in [0.1, 0.15) is 17.8 Å². The molecule has 12 nitrogen and oxygen atoms in total. The number of aromatic nitrogens is 2. The molecule has 1 aliphatic rings. The summed E-state index contributed by atoms with van der Waals surface area (Å²) in [4.78, 5) is 25.1. The molecule has 148 valence electrons. The van der Waals surface area contributed by atoms with Crippen LogP contribution in [0, 0.1) is 0 Å². The van der Waals surface area contributed by atoms with Gasteiger partial charge in [-0.25, -0.2) is 4.79 Å². The Labute approximate surface area is 148 Å². The summed E-state index contributed by atoms with van der Waals surface area (Å²) < 4.78 is 61.1. The minimum Gasteiger partial charge on any atom is -0.383 e. The zero-order chi connectivity index (χ0) is 19.9. The normalized spacial score (nSPS) is 29.8. The SMILES string of the molecule is C[C@@]1(O)C(n2ccc(=O)[nH]c2=O)O[C@H](COS(C)(=O)=O)[C@H]1OS(C)(=O)=O. The molecule has 1 fully saturated rings. The Bertz CT molecular complexity index is 991. The lowest BCUT2D eigenvalue weighted by Crippen LogP contribution is -2.49. The second-order valence-electron chi connectivity index (χ2n) is 5.98. The van der Waals surface area contributed by atoms with Gasteiger partial charge in [0.2, 0.25) is 0 Å². The first kappa shape index (κ1) is 20.7. The van der Waals surface area contributed by atoms with Gasteiger partial charge in [-0.05, 0) is 6.92 Å². The third-order valence-corrected chi connectivity index (χ3v) is 4.67. The topological polar surface area (TPSA) is 171 Å². The van der Waals surface area contributed by atoms with Crippen LogP contribution in [0.25, 0.3) is 0 Å². The van der Waals surface area contributed by atoms with Crippen molar-refractivity contribution < 1.29 is 35.0 Å². The maximum Gasteiger partial charge on any atom is 0.330 e. The highest BCUT2D eigenvalue weighted by molar-refractivity contribution is 7.86. The number of aliphatic hydroxyl groups is 1. The Morgan fingerprint density at radius 2 is 1.88 bits per heavy atom. The summed E-state index contributed by atoms with van der Waals surface area (Å²) in [6.07, 6.45) is -1.86. The standard InChI is InChI=1S/C12H18N2O10S2/c1-12(17)9(24-26(3,20)21)7(6-22-25(2,18)19)23-10(12)14-5-4-8(15)13-11(14)16/h4-5,7,9-10,17H,6H2,1-3H3,(H,13,15,16)/t7-,9-,10?,12+/m1/s1. The van der Waals surface area contributed by atoms with Crippen molar-refractivity contribution in [3.8, 4) is 0 Å². The van der Waals surface area contributed by atoms with Gasteiger partial charge >= 0.3 is 5.69 Å². The van der Waals surface area contributed by atoms with Gasteiger partial charge in [0.25, 0.3) is 25.8 Å². The molecule has 0 saturated carbocycles. The van der Waals surface area contributed by atoms with E-state index in [9.17, 15) is 31.5 Å². The van der Waals surface area contributed by atoms with Crippen molar-refractivity contribution >= 4 is 20.2 Å². The van der Waals surface area contributed by atoms with Gasteiger partial charge in [-0.2, -0.15) is 16.8 Å². The van der Waals surface area contributed by atoms with Crippen LogP contribution < -0.4 is 11.2 Å². The lowest BCUT2D eigenvalue weighted by Gasteiger charge is -2.29. The van der Waals surface area contributed by atoms with E-state index in [1.807, 2.05) is 4.98 Å². The maximum atomic E-state index is 12.0. The highest BCUT2D eigenvalue weighted by Gasteiger charge is 2.56. The second-order valence-corrected chi connectivity index (χ2v) is 9.22. The Morgan fingerprint density at radius 3 is 2.38 bits per heavy atom. The molecule has 1 unspecified atom stereocenters. The first-order chi connectivity index (χ1) is 11.7. The third kappa shape index (κ3) is 4.77. The minimum absolute atomic E-state index is 0.663. The number of ether oxygens (including phenoxy) is 1. The molecule has 0 aromatic carbocycles. The highest BCUT2D eigenvalue weighted by atomic mass is 32.2. The van der Waals surface area contributed by atoms with E-state index in [0.29, 0.717) is 0 Å². The summed E-state index contributed by atoms with van der Waals surface area (Å²) in [6, 6.07) is 0.994. The van der Waals surface area contributed by atoms with E-state index >= 15 is 0 Å². The molecule has 0 amide bonds. The lowest BCUT2D eigenvalue weighted by atomic mass is 9.96. The maximum absolute atomic E-state index is 12.0. The Balaban J connectivity index is 2.45. The highest BCUT2D eigenvalue weighted by Crippen LogP contribution is 2.40. The van der Waals surface area contributed by atoms with Crippen molar-refractivity contribution in [2.24, 2.45) is 0 Å². The van der Waals surface area contributed by atoms with Crippen molar-refractivity contribution in [2.75, 3.05) is 19.1 Å². The summed E-state index contributed by atoms with van der Waals surface area (Å²) in [5, 5.41) is 10.8. The van der Waals surface area contributed by atoms with E-state index < -0.39 is 62.1 Å². The summed E-state index contributed by atoms with van der Waals surface area (Å²) in [7, 11) is -7.97. The molecule has 2 heterocycles. The molecule has 1 aliphatic heterocycles. The number of nitrogens with zero attached hydrogens (tertiary/aromatic N) is 1. The Hall–Kier alpha value is -1.58. The fraction of sp³-hybridized carbons (Fsp3) is 0.667. The van der Waals surface area contributed by atoms with E-state index in [2.05, 4.69) is 4.18 Å². The largest absolute Gasteiger partial charge is 0.383 e. The first-order valence-corrected chi connectivity index (χ1v) is 10.8. The number of hydrogen-bond donors (Lipinski definition) is 2. The monoisotopic (exact) mass is 414 g/mol. The van der Waals surface area contributed by atoms with E-state index in [0.717, 1.165) is 36.3 Å². The van der Waals surface area contributed by atoms with Crippen LogP contribution in [0.4, 0.5) is 0 Å². The molecule has 1 aromatic rings. The second kappa shape index (κ2) is 6.86. The van der Waals surface area contributed by atoms with E-state index in [4.69, 9.17) is 8.92 Å². The zero-order valence-electron chi connectivity index (χ0n) is 14.0. The first-order valence-electron chi connectivity index (χ1n) is 7.13. The van der Waals surface area contributed by atoms with E-state index in [1.165, 1.54) is 0 Å². The minimum atomic E-state index is -4.08. The van der Waals surface area contributed by atoms with Crippen LogP contribution in [-0.4, -0.2) is 68.4 Å². The van der Waals surface area contributed by atoms with Crippen LogP contribution in [0.3, 0.4) is 0 Å². The van der Waals surface area contributed by atoms with Crippen LogP contribution in [0.5, 0.6) is 0 Å². The fourth-order valence-electron chi connectivity index (χ4n) is 2.52. The predicted octanol–water partition coefficient (Wildman–Crippen LogP) is -2.49. The fourth-order valence-corrected chi connectivity index (χ4v) is 3.59. The van der Waals surface area contributed by atoms with Gasteiger partial charge in [-0.1, -0.05) is 0 Å². The van der Waals surface area contributed by atoms with Crippen LogP contribution in [0.1, 0.15) is 13.2 Å². The number of nitrogens with one attached hydrogen (secondary N) is 1. The summed E-state index contributed by atoms with van der Waals surface area (Å²) in [6.45, 7) is 0.481. The van der Waals surface area contributed by atoms with Gasteiger partial charge in [0.15, 0.2) is 6.23 Å². The molecule has 0 radical (unpaired) electrons. The molecule has 2 rings (SSSR count). The summed E-state index contributed by atoms with van der Waals surface area (Å²) >= 11 is 0. The van der Waals surface area contributed by atoms with Crippen molar-refractivity contribution in [3.05, 3.63) is 33.1 Å². The summed E-state index contributed by atoms with van der Waals surface area (Å²) in [5.74, 6) is 0. The van der Waals surface area contributed by atoms with Gasteiger partial charge in [0, 0.05) is 12.3 Å². The molecule has 14 heteroatoms. The molecule has 26 heavy (non-hydrogen) atoms. The average molecular weight is 414 g/mol. The molecule has 0 bridgehead atoms. The predicted molar refractivity (Wildman–Crippen MR) is 86.4 cm³/mol. The van der Waals surface area contributed by atoms with Gasteiger partial charge in [0.05, 0.1) is 19.1 Å². The van der Waals surface area contributed by atoms with Crippen molar-refractivity contribution in [3.63, 3.8) is 0 Å². The number of hydrogen-bond acceptors (Lipinski definition) is 10. The molecular weight excluding hydrogens is 396 g/mol. The number of rotatable bonds is 6. The number of H-pyrrole nitrogens is 1. The van der Waals surface area contributed by atoms with Gasteiger partial charge in [-0.3, -0.25) is 22.7 Å². The van der Waals surface area contributed by atoms with Crippen LogP contribution in [-0.2, 0) is 33.3 Å². The van der Waals surface area contributed by atoms with Crippen LogP contribution in [0.2, 0.25) is 0 Å². The smallest absolute Gasteiger partial charge is 0.330 e. The zero-order valence-corrected chi connectivity index (χ0v) is 15.6. The lowest BCUT2D eigenvalue weighted by molar-refractivity contribution is -0.0952. The van der Waals surface area contributed by atoms with Gasteiger partial charge < -0.3 is 9.84 Å². The van der Waals surface area contributed by atoms with Crippen molar-refractivity contribution in [1.29, 1.82) is 0 Å². The van der Waals surface area contributed by atoms with Crippen LogP contribution in [0.15, 0.2) is 21.9 Å². The molecule has 1 saturated heterocycles. The Kier molecular flexibility index (Phi) is 5.47. The average Bonchev–Trinajstić information content (AvgIpc) is 2.67. The Morgan fingerprint density at radius 1 is 1.27 bits per heavy atom. The third-order valence-electron chi connectivity index (χ3n) is 3.55. The molecule has 1 aromatic heterocycles. The molecule has 0 aliphatic carbocycles. The van der Waals surface area contributed by atoms with Crippen LogP contribution >= 0.6 is 0 Å². The molecule has 2 N–H and O–H groups in total. The number of aromatic amines is 1. The van der Waals surface area contributed by atoms with Crippen molar-refractivity contribution in [2.45, 2.75) is 31.0 Å². The molecule has 4 atom stereocenters. The van der Waals surface area contributed by atoms with E-state index in [-0.39, 0.29) is 0 Å². The van der Waals surface area contributed by atoms with E-state index in [1.54, 1.807) is 0 Å². The summed E-state index contributed by atoms with van der Waals surface area (Å²) in [5.41, 5.74) is -3.70. The molecule has 0 spiro atoms. The quantitative estimate of drug-likeness (QED) is 0.474. The van der Waals surface area contributed by atoms with Gasteiger partial charge in [-0.15, -0.1) is 0 Å².